The van der Waals surface area contributed by atoms with Gasteiger partial charge in [-0.1, -0.05) is 66.3 Å². The molecule has 4 aromatic rings. The molecule has 0 unspecified atom stereocenters. The molecule has 0 atom stereocenters. The third kappa shape index (κ3) is 4.75. The minimum absolute atomic E-state index is 0.229. The van der Waals surface area contributed by atoms with Crippen LogP contribution in [0.5, 0.6) is 0 Å². The molecule has 0 spiro atoms. The molecule has 1 aromatic heterocycles. The van der Waals surface area contributed by atoms with Crippen molar-refractivity contribution in [3.63, 3.8) is 0 Å². The first-order valence-electron chi connectivity index (χ1n) is 11.3. The number of thiazole rings is 1. The van der Waals surface area contributed by atoms with Crippen molar-refractivity contribution in [3.05, 3.63) is 89.5 Å². The first-order valence-corrected chi connectivity index (χ1v) is 13.6. The minimum atomic E-state index is -3.56. The molecule has 178 valence electrons. The number of piperidine rings is 1. The molecule has 1 aliphatic heterocycles. The van der Waals surface area contributed by atoms with Gasteiger partial charge in [-0.25, -0.2) is 13.4 Å². The van der Waals surface area contributed by atoms with Gasteiger partial charge >= 0.3 is 0 Å². The van der Waals surface area contributed by atoms with E-state index in [1.807, 2.05) is 6.07 Å². The number of carbonyl (C=O) groups is 2. The summed E-state index contributed by atoms with van der Waals surface area (Å²) in [4.78, 5) is 30.7. The first kappa shape index (κ1) is 23.3. The number of ketones is 1. The van der Waals surface area contributed by atoms with E-state index in [0.717, 1.165) is 19.3 Å². The second-order valence-corrected chi connectivity index (χ2v) is 11.3. The normalized spacial score (nSPS) is 14.6. The number of benzene rings is 3. The molecular formula is C26H23N3O4S2. The molecule has 3 aromatic carbocycles. The lowest BCUT2D eigenvalue weighted by atomic mass is 9.98. The summed E-state index contributed by atoms with van der Waals surface area (Å²) < 4.78 is 28.2. The number of nitrogens with zero attached hydrogens (tertiary/aromatic N) is 2. The molecule has 1 N–H and O–H groups in total. The largest absolute Gasteiger partial charge is 0.298 e. The quantitative estimate of drug-likeness (QED) is 0.374. The molecular weight excluding hydrogens is 482 g/mol. The van der Waals surface area contributed by atoms with Crippen LogP contribution in [0.2, 0.25) is 0 Å². The first-order chi connectivity index (χ1) is 16.9. The van der Waals surface area contributed by atoms with Gasteiger partial charge in [0.1, 0.15) is 0 Å². The van der Waals surface area contributed by atoms with E-state index >= 15 is 0 Å². The summed E-state index contributed by atoms with van der Waals surface area (Å²) in [6.07, 6.45) is 2.78. The van der Waals surface area contributed by atoms with Crippen molar-refractivity contribution in [1.82, 2.24) is 9.29 Å². The van der Waals surface area contributed by atoms with Gasteiger partial charge in [0.2, 0.25) is 10.0 Å². The van der Waals surface area contributed by atoms with E-state index in [0.29, 0.717) is 39.6 Å². The molecule has 1 fully saturated rings. The van der Waals surface area contributed by atoms with Crippen molar-refractivity contribution >= 4 is 48.4 Å². The topological polar surface area (TPSA) is 96.4 Å². The number of amides is 1. The van der Waals surface area contributed by atoms with Crippen LogP contribution in [0.25, 0.3) is 10.2 Å². The zero-order valence-corrected chi connectivity index (χ0v) is 20.4. The Balaban J connectivity index is 1.40. The summed E-state index contributed by atoms with van der Waals surface area (Å²) in [5.74, 6) is -0.696. The van der Waals surface area contributed by atoms with Gasteiger partial charge in [0.05, 0.1) is 20.7 Å². The van der Waals surface area contributed by atoms with Gasteiger partial charge < -0.3 is 0 Å². The average molecular weight is 506 g/mol. The van der Waals surface area contributed by atoms with Crippen LogP contribution >= 0.6 is 11.3 Å². The van der Waals surface area contributed by atoms with Crippen LogP contribution in [0.4, 0.5) is 5.13 Å². The molecule has 1 amide bonds. The highest BCUT2D eigenvalue weighted by molar-refractivity contribution is 7.89. The van der Waals surface area contributed by atoms with Crippen molar-refractivity contribution in [2.24, 2.45) is 0 Å². The third-order valence-electron chi connectivity index (χ3n) is 5.99. The van der Waals surface area contributed by atoms with Gasteiger partial charge in [0.15, 0.2) is 10.9 Å². The number of carbonyl (C=O) groups excluding carboxylic acids is 2. The maximum atomic E-state index is 13.1. The fourth-order valence-electron chi connectivity index (χ4n) is 4.16. The number of sulfonamides is 1. The van der Waals surface area contributed by atoms with Crippen molar-refractivity contribution in [3.8, 4) is 0 Å². The molecule has 5 rings (SSSR count). The lowest BCUT2D eigenvalue weighted by molar-refractivity contribution is 0.0996. The lowest BCUT2D eigenvalue weighted by Gasteiger charge is -2.25. The number of hydrogen-bond acceptors (Lipinski definition) is 6. The van der Waals surface area contributed by atoms with Crippen molar-refractivity contribution in [1.29, 1.82) is 0 Å². The van der Waals surface area contributed by atoms with Crippen LogP contribution in [0.1, 0.15) is 45.5 Å². The summed E-state index contributed by atoms with van der Waals surface area (Å²) in [7, 11) is -3.56. The SMILES string of the molecule is O=C(Nc1nc2ccc(S(=O)(=O)N3CCCCC3)cc2s1)c1ccccc1C(=O)c1ccccc1. The van der Waals surface area contributed by atoms with Crippen molar-refractivity contribution in [2.45, 2.75) is 24.2 Å². The standard InChI is InChI=1S/C26H23N3O4S2/c30-24(18-9-3-1-4-10-18)20-11-5-6-12-21(20)25(31)28-26-27-22-14-13-19(17-23(22)34-26)35(32,33)29-15-7-2-8-16-29/h1,3-6,9-14,17H,2,7-8,15-16H2,(H,27,28,31). The molecule has 0 saturated carbocycles. The molecule has 1 saturated heterocycles. The van der Waals surface area contributed by atoms with Crippen molar-refractivity contribution < 1.29 is 18.0 Å². The number of anilines is 1. The van der Waals surface area contributed by atoms with Gasteiger partial charge in [-0.15, -0.1) is 0 Å². The van der Waals surface area contributed by atoms with Gasteiger partial charge in [-0.05, 0) is 37.1 Å². The van der Waals surface area contributed by atoms with Crippen molar-refractivity contribution in [2.75, 3.05) is 18.4 Å². The van der Waals surface area contributed by atoms with Gasteiger partial charge in [-0.3, -0.25) is 14.9 Å². The fourth-order valence-corrected chi connectivity index (χ4v) is 6.68. The van der Waals surface area contributed by atoms with Crippen LogP contribution in [0.3, 0.4) is 0 Å². The molecule has 7 nitrogen and oxygen atoms in total. The second kappa shape index (κ2) is 9.69. The Labute approximate surface area is 207 Å². The Morgan fingerprint density at radius 3 is 2.29 bits per heavy atom. The van der Waals surface area contributed by atoms with E-state index in [9.17, 15) is 18.0 Å². The zero-order chi connectivity index (χ0) is 24.4. The number of rotatable bonds is 6. The molecule has 9 heteroatoms. The highest BCUT2D eigenvalue weighted by Gasteiger charge is 2.26. The Bertz CT molecular complexity index is 1510. The van der Waals surface area contributed by atoms with Gasteiger partial charge in [0.25, 0.3) is 5.91 Å². The van der Waals surface area contributed by atoms with Gasteiger partial charge in [-0.2, -0.15) is 4.31 Å². The summed E-state index contributed by atoms with van der Waals surface area (Å²) in [6.45, 7) is 1.07. The summed E-state index contributed by atoms with van der Waals surface area (Å²) in [5, 5.41) is 3.11. The van der Waals surface area contributed by atoms with E-state index in [-0.39, 0.29) is 16.2 Å². The maximum absolute atomic E-state index is 13.1. The van der Waals surface area contributed by atoms with Crippen LogP contribution in [-0.2, 0) is 10.0 Å². The molecule has 0 radical (unpaired) electrons. The summed E-state index contributed by atoms with van der Waals surface area (Å²) in [6, 6.07) is 20.3. The van der Waals surface area contributed by atoms with E-state index in [1.54, 1.807) is 66.7 Å². The molecule has 0 bridgehead atoms. The highest BCUT2D eigenvalue weighted by Crippen LogP contribution is 2.30. The molecule has 35 heavy (non-hydrogen) atoms. The van der Waals surface area contributed by atoms with E-state index in [1.165, 1.54) is 15.6 Å². The van der Waals surface area contributed by atoms with Crippen LogP contribution in [-0.4, -0.2) is 42.5 Å². The van der Waals surface area contributed by atoms with Crippen LogP contribution in [0.15, 0.2) is 77.7 Å². The fraction of sp³-hybridized carbons (Fsp3) is 0.192. The Morgan fingerprint density at radius 1 is 0.857 bits per heavy atom. The highest BCUT2D eigenvalue weighted by atomic mass is 32.2. The van der Waals surface area contributed by atoms with Gasteiger partial charge in [0, 0.05) is 24.2 Å². The number of nitrogens with one attached hydrogen (secondary N) is 1. The van der Waals surface area contributed by atoms with Crippen LogP contribution in [0, 0.1) is 0 Å². The Morgan fingerprint density at radius 2 is 1.54 bits per heavy atom. The second-order valence-electron chi connectivity index (χ2n) is 8.31. The molecule has 1 aliphatic rings. The lowest BCUT2D eigenvalue weighted by Crippen LogP contribution is -2.35. The average Bonchev–Trinajstić information content (AvgIpc) is 3.30. The minimum Gasteiger partial charge on any atom is -0.298 e. The van der Waals surface area contributed by atoms with E-state index < -0.39 is 15.9 Å². The zero-order valence-electron chi connectivity index (χ0n) is 18.8. The Hall–Kier alpha value is -3.40. The molecule has 2 heterocycles. The van der Waals surface area contributed by atoms with E-state index in [2.05, 4.69) is 10.3 Å². The van der Waals surface area contributed by atoms with Crippen LogP contribution < -0.4 is 5.32 Å². The maximum Gasteiger partial charge on any atom is 0.258 e. The Kier molecular flexibility index (Phi) is 6.46. The summed E-state index contributed by atoms with van der Waals surface area (Å²) in [5.41, 5.74) is 1.63. The predicted octanol–water partition coefficient (Wildman–Crippen LogP) is 4.95. The monoisotopic (exact) mass is 505 g/mol. The predicted molar refractivity (Wildman–Crippen MR) is 136 cm³/mol. The smallest absolute Gasteiger partial charge is 0.258 e. The number of fused-ring (bicyclic) bond motifs is 1. The van der Waals surface area contributed by atoms with E-state index in [4.69, 9.17) is 0 Å². The molecule has 0 aliphatic carbocycles. The number of hydrogen-bond donors (Lipinski definition) is 1. The summed E-state index contributed by atoms with van der Waals surface area (Å²) >= 11 is 1.20. The third-order valence-corrected chi connectivity index (χ3v) is 8.81. The number of aromatic nitrogens is 1.